The van der Waals surface area contributed by atoms with E-state index in [1.807, 2.05) is 18.2 Å². The Hall–Kier alpha value is -1.43. The normalized spacial score (nSPS) is 9.84. The molecule has 0 bridgehead atoms. The molecular formula is C14H16BrFN2O. The number of halogens is 2. The third-order valence-electron chi connectivity index (χ3n) is 2.55. The zero-order chi connectivity index (χ0) is 13.0. The molecule has 2 aromatic rings. The lowest BCUT2D eigenvalue weighted by Crippen LogP contribution is -2.02. The Balaban J connectivity index is 0.00000180. The van der Waals surface area contributed by atoms with Crippen LogP contribution in [-0.2, 0) is 13.2 Å². The van der Waals surface area contributed by atoms with E-state index < -0.39 is 0 Å². The quantitative estimate of drug-likeness (QED) is 0.897. The van der Waals surface area contributed by atoms with Crippen LogP contribution in [0.3, 0.4) is 0 Å². The standard InChI is InChI=1S/C14H13BrFNO.H3N/c15-12-3-6-14(11(7-12)8-17)18-9-10-1-4-13(16)5-2-10;/h1-7H,8-9,17H2;1H3. The van der Waals surface area contributed by atoms with Crippen LogP contribution in [0.1, 0.15) is 11.1 Å². The van der Waals surface area contributed by atoms with Crippen molar-refractivity contribution in [3.05, 3.63) is 63.9 Å². The zero-order valence-corrected chi connectivity index (χ0v) is 12.0. The van der Waals surface area contributed by atoms with Gasteiger partial charge in [0.1, 0.15) is 18.2 Å². The molecular weight excluding hydrogens is 311 g/mol. The van der Waals surface area contributed by atoms with Crippen LogP contribution in [0.4, 0.5) is 4.39 Å². The van der Waals surface area contributed by atoms with E-state index in [0.29, 0.717) is 13.2 Å². The molecule has 0 heterocycles. The van der Waals surface area contributed by atoms with E-state index in [1.165, 1.54) is 12.1 Å². The number of rotatable bonds is 4. The Morgan fingerprint density at radius 2 is 1.79 bits per heavy atom. The van der Waals surface area contributed by atoms with Gasteiger partial charge in [-0.1, -0.05) is 28.1 Å². The Morgan fingerprint density at radius 3 is 2.42 bits per heavy atom. The van der Waals surface area contributed by atoms with Crippen LogP contribution in [0.15, 0.2) is 46.9 Å². The summed E-state index contributed by atoms with van der Waals surface area (Å²) in [5, 5.41) is 0. The van der Waals surface area contributed by atoms with Gasteiger partial charge in [0.2, 0.25) is 0 Å². The molecule has 0 atom stereocenters. The minimum Gasteiger partial charge on any atom is -0.489 e. The van der Waals surface area contributed by atoms with Crippen LogP contribution in [0, 0.1) is 5.82 Å². The van der Waals surface area contributed by atoms with Crippen molar-refractivity contribution in [3.63, 3.8) is 0 Å². The molecule has 2 aromatic carbocycles. The molecule has 0 aliphatic carbocycles. The molecule has 2 rings (SSSR count). The Bertz CT molecular complexity index is 531. The smallest absolute Gasteiger partial charge is 0.124 e. The molecule has 0 saturated heterocycles. The first kappa shape index (κ1) is 15.6. The number of hydrogen-bond donors (Lipinski definition) is 2. The highest BCUT2D eigenvalue weighted by Crippen LogP contribution is 2.23. The van der Waals surface area contributed by atoms with Crippen molar-refractivity contribution >= 4 is 15.9 Å². The minimum atomic E-state index is -0.245. The number of ether oxygens (including phenoxy) is 1. The van der Waals surface area contributed by atoms with E-state index >= 15 is 0 Å². The second kappa shape index (κ2) is 7.23. The van der Waals surface area contributed by atoms with E-state index in [0.717, 1.165) is 21.3 Å². The van der Waals surface area contributed by atoms with E-state index in [9.17, 15) is 4.39 Å². The molecule has 5 N–H and O–H groups in total. The van der Waals surface area contributed by atoms with Gasteiger partial charge in [0.05, 0.1) is 0 Å². The van der Waals surface area contributed by atoms with Crippen molar-refractivity contribution in [3.8, 4) is 5.75 Å². The largest absolute Gasteiger partial charge is 0.489 e. The van der Waals surface area contributed by atoms with Gasteiger partial charge in [-0.25, -0.2) is 4.39 Å². The van der Waals surface area contributed by atoms with Gasteiger partial charge in [0.15, 0.2) is 0 Å². The summed E-state index contributed by atoms with van der Waals surface area (Å²) in [6.07, 6.45) is 0. The highest BCUT2D eigenvalue weighted by Gasteiger charge is 2.03. The Morgan fingerprint density at radius 1 is 1.11 bits per heavy atom. The van der Waals surface area contributed by atoms with Crippen molar-refractivity contribution in [2.45, 2.75) is 13.2 Å². The molecule has 0 amide bonds. The number of benzene rings is 2. The third kappa shape index (κ3) is 4.31. The maximum atomic E-state index is 12.8. The predicted octanol–water partition coefficient (Wildman–Crippen LogP) is 3.79. The van der Waals surface area contributed by atoms with Gasteiger partial charge in [-0.05, 0) is 35.9 Å². The van der Waals surface area contributed by atoms with Crippen molar-refractivity contribution < 1.29 is 9.13 Å². The molecule has 5 heteroatoms. The number of hydrogen-bond acceptors (Lipinski definition) is 3. The van der Waals surface area contributed by atoms with Gasteiger partial charge in [-0.3, -0.25) is 0 Å². The first-order chi connectivity index (χ1) is 8.69. The summed E-state index contributed by atoms with van der Waals surface area (Å²) >= 11 is 3.39. The van der Waals surface area contributed by atoms with Crippen LogP contribution in [0.25, 0.3) is 0 Å². The Kier molecular flexibility index (Phi) is 5.95. The second-order valence-corrected chi connectivity index (χ2v) is 4.79. The molecule has 19 heavy (non-hydrogen) atoms. The van der Waals surface area contributed by atoms with Gasteiger partial charge in [0, 0.05) is 16.6 Å². The maximum Gasteiger partial charge on any atom is 0.124 e. The average molecular weight is 327 g/mol. The predicted molar refractivity (Wildman–Crippen MR) is 77.8 cm³/mol. The Labute approximate surface area is 120 Å². The summed E-state index contributed by atoms with van der Waals surface area (Å²) in [5.41, 5.74) is 7.51. The SMILES string of the molecule is N.NCc1cc(Br)ccc1OCc1ccc(F)cc1. The van der Waals surface area contributed by atoms with Crippen LogP contribution in [0.5, 0.6) is 5.75 Å². The fourth-order valence-electron chi connectivity index (χ4n) is 1.59. The van der Waals surface area contributed by atoms with Gasteiger partial charge in [-0.2, -0.15) is 0 Å². The molecule has 0 aliphatic heterocycles. The maximum absolute atomic E-state index is 12.8. The van der Waals surface area contributed by atoms with Gasteiger partial charge < -0.3 is 16.6 Å². The molecule has 0 radical (unpaired) electrons. The summed E-state index contributed by atoms with van der Waals surface area (Å²) < 4.78 is 19.4. The second-order valence-electron chi connectivity index (χ2n) is 3.87. The highest BCUT2D eigenvalue weighted by molar-refractivity contribution is 9.10. The van der Waals surface area contributed by atoms with E-state index in [-0.39, 0.29) is 12.0 Å². The topological polar surface area (TPSA) is 70.2 Å². The van der Waals surface area contributed by atoms with Crippen molar-refractivity contribution in [2.75, 3.05) is 0 Å². The zero-order valence-electron chi connectivity index (χ0n) is 10.4. The summed E-state index contributed by atoms with van der Waals surface area (Å²) in [4.78, 5) is 0. The fourth-order valence-corrected chi connectivity index (χ4v) is 2.00. The van der Waals surface area contributed by atoms with Crippen LogP contribution in [-0.4, -0.2) is 0 Å². The number of nitrogens with two attached hydrogens (primary N) is 1. The van der Waals surface area contributed by atoms with E-state index in [4.69, 9.17) is 10.5 Å². The summed E-state index contributed by atoms with van der Waals surface area (Å²) in [5.74, 6) is 0.509. The molecule has 0 unspecified atom stereocenters. The third-order valence-corrected chi connectivity index (χ3v) is 3.04. The van der Waals surface area contributed by atoms with Crippen molar-refractivity contribution in [1.82, 2.24) is 6.15 Å². The van der Waals surface area contributed by atoms with E-state index in [2.05, 4.69) is 15.9 Å². The molecule has 0 spiro atoms. The van der Waals surface area contributed by atoms with Crippen LogP contribution >= 0.6 is 15.9 Å². The average Bonchev–Trinajstić information content (AvgIpc) is 2.39. The molecule has 102 valence electrons. The molecule has 3 nitrogen and oxygen atoms in total. The summed E-state index contributed by atoms with van der Waals surface area (Å²) in [7, 11) is 0. The first-order valence-electron chi connectivity index (χ1n) is 5.55. The lowest BCUT2D eigenvalue weighted by atomic mass is 10.2. The monoisotopic (exact) mass is 326 g/mol. The minimum absolute atomic E-state index is 0. The van der Waals surface area contributed by atoms with Crippen molar-refractivity contribution in [2.24, 2.45) is 5.73 Å². The summed E-state index contributed by atoms with van der Waals surface area (Å²) in [6, 6.07) is 12.0. The van der Waals surface area contributed by atoms with Crippen LogP contribution in [0.2, 0.25) is 0 Å². The van der Waals surface area contributed by atoms with Gasteiger partial charge in [0.25, 0.3) is 0 Å². The van der Waals surface area contributed by atoms with Crippen LogP contribution < -0.4 is 16.6 Å². The van der Waals surface area contributed by atoms with Gasteiger partial charge in [-0.15, -0.1) is 0 Å². The van der Waals surface area contributed by atoms with Crippen molar-refractivity contribution in [1.29, 1.82) is 0 Å². The molecule has 0 aliphatic rings. The molecule has 0 saturated carbocycles. The molecule has 0 aromatic heterocycles. The summed E-state index contributed by atoms with van der Waals surface area (Å²) in [6.45, 7) is 0.813. The molecule has 0 fully saturated rings. The van der Waals surface area contributed by atoms with Gasteiger partial charge >= 0.3 is 0 Å². The fraction of sp³-hybridized carbons (Fsp3) is 0.143. The first-order valence-corrected chi connectivity index (χ1v) is 6.34. The lowest BCUT2D eigenvalue weighted by molar-refractivity contribution is 0.303. The van der Waals surface area contributed by atoms with E-state index in [1.54, 1.807) is 12.1 Å². The lowest BCUT2D eigenvalue weighted by Gasteiger charge is -2.10. The highest BCUT2D eigenvalue weighted by atomic mass is 79.9.